The summed E-state index contributed by atoms with van der Waals surface area (Å²) in [5, 5.41) is 3.08. The number of anilines is 1. The Bertz CT molecular complexity index is 970. The summed E-state index contributed by atoms with van der Waals surface area (Å²) in [5.74, 6) is -0.00203. The van der Waals surface area contributed by atoms with Crippen molar-refractivity contribution in [2.75, 3.05) is 24.5 Å². The Labute approximate surface area is 205 Å². The van der Waals surface area contributed by atoms with Crippen LogP contribution in [-0.2, 0) is 17.8 Å². The Morgan fingerprint density at radius 1 is 0.971 bits per heavy atom. The molecule has 0 radical (unpaired) electrons. The normalized spacial score (nSPS) is 15.9. The van der Waals surface area contributed by atoms with Gasteiger partial charge in [-0.2, -0.15) is 0 Å². The lowest BCUT2D eigenvalue weighted by molar-refractivity contribution is -0.116. The Kier molecular flexibility index (Phi) is 9.70. The van der Waals surface area contributed by atoms with Crippen LogP contribution in [0.25, 0.3) is 0 Å². The van der Waals surface area contributed by atoms with E-state index in [0.29, 0.717) is 18.2 Å². The van der Waals surface area contributed by atoms with Gasteiger partial charge >= 0.3 is 0 Å². The van der Waals surface area contributed by atoms with Crippen molar-refractivity contribution in [2.24, 2.45) is 0 Å². The molecule has 0 spiro atoms. The highest BCUT2D eigenvalue weighted by Crippen LogP contribution is 2.26. The molecule has 0 unspecified atom stereocenters. The summed E-state index contributed by atoms with van der Waals surface area (Å²) in [7, 11) is 0. The zero-order valence-electron chi connectivity index (χ0n) is 21.4. The molecule has 1 aliphatic rings. The molecular formula is C29H41N3O2. The molecule has 5 nitrogen and oxygen atoms in total. The first-order chi connectivity index (χ1) is 16.4. The topological polar surface area (TPSA) is 52.7 Å². The second-order valence-electron chi connectivity index (χ2n) is 9.78. The van der Waals surface area contributed by atoms with Crippen molar-refractivity contribution in [3.63, 3.8) is 0 Å². The molecule has 3 rings (SSSR count). The number of nitrogens with one attached hydrogen (secondary N) is 1. The lowest BCUT2D eigenvalue weighted by Gasteiger charge is -2.31. The number of fused-ring (bicyclic) bond motifs is 1. The number of hydrogen-bond acceptors (Lipinski definition) is 3. The van der Waals surface area contributed by atoms with E-state index in [2.05, 4.69) is 43.1 Å². The number of nitrogens with zero attached hydrogens (tertiary/aromatic N) is 2. The standard InChI is InChI=1S/C29H41N3O2/c1-22(2)31-18-10-6-5-7-11-19-32(24(4)33)28-15-14-26(20-27(28)21-31)29(34)30-17-16-25-13-9-8-12-23(25)3/h8-9,12-15,20,22H,5-7,10-11,16-19,21H2,1-4H3,(H,30,34). The van der Waals surface area contributed by atoms with E-state index in [9.17, 15) is 9.59 Å². The van der Waals surface area contributed by atoms with Crippen molar-refractivity contribution in [1.29, 1.82) is 0 Å². The summed E-state index contributed by atoms with van der Waals surface area (Å²) in [6.45, 7) is 11.3. The van der Waals surface area contributed by atoms with E-state index in [0.717, 1.165) is 50.1 Å². The summed E-state index contributed by atoms with van der Waals surface area (Å²) in [6, 6.07) is 14.5. The number of rotatable bonds is 5. The van der Waals surface area contributed by atoms with Crippen LogP contribution < -0.4 is 10.2 Å². The minimum absolute atomic E-state index is 0.0600. The van der Waals surface area contributed by atoms with Gasteiger partial charge in [-0.05, 0) is 81.5 Å². The zero-order chi connectivity index (χ0) is 24.5. The second-order valence-corrected chi connectivity index (χ2v) is 9.78. The van der Waals surface area contributed by atoms with Gasteiger partial charge < -0.3 is 10.2 Å². The maximum absolute atomic E-state index is 13.0. The Balaban J connectivity index is 1.82. The monoisotopic (exact) mass is 463 g/mol. The molecule has 1 N–H and O–H groups in total. The van der Waals surface area contributed by atoms with E-state index in [4.69, 9.17) is 0 Å². The fourth-order valence-electron chi connectivity index (χ4n) is 4.72. The minimum atomic E-state index is -0.0621. The minimum Gasteiger partial charge on any atom is -0.352 e. The van der Waals surface area contributed by atoms with E-state index in [-0.39, 0.29) is 11.8 Å². The third-order valence-corrected chi connectivity index (χ3v) is 6.88. The van der Waals surface area contributed by atoms with Crippen LogP contribution in [0.5, 0.6) is 0 Å². The molecule has 0 atom stereocenters. The lowest BCUT2D eigenvalue weighted by atomic mass is 10.0. The first-order valence-corrected chi connectivity index (χ1v) is 12.8. The van der Waals surface area contributed by atoms with Crippen molar-refractivity contribution < 1.29 is 9.59 Å². The highest BCUT2D eigenvalue weighted by atomic mass is 16.2. The molecule has 34 heavy (non-hydrogen) atoms. The molecular weight excluding hydrogens is 422 g/mol. The molecule has 0 aromatic heterocycles. The molecule has 0 bridgehead atoms. The van der Waals surface area contributed by atoms with Gasteiger partial charge in [0.05, 0.1) is 0 Å². The van der Waals surface area contributed by atoms with E-state index in [1.807, 2.05) is 35.2 Å². The molecule has 1 aliphatic heterocycles. The average molecular weight is 464 g/mol. The van der Waals surface area contributed by atoms with Crippen molar-refractivity contribution in [3.05, 3.63) is 64.7 Å². The number of benzene rings is 2. The van der Waals surface area contributed by atoms with Crippen LogP contribution in [0.2, 0.25) is 0 Å². The van der Waals surface area contributed by atoms with Crippen LogP contribution in [-0.4, -0.2) is 42.4 Å². The van der Waals surface area contributed by atoms with Gasteiger partial charge in [-0.1, -0.05) is 43.5 Å². The lowest BCUT2D eigenvalue weighted by Crippen LogP contribution is -2.35. The Morgan fingerprint density at radius 3 is 2.38 bits per heavy atom. The quantitative estimate of drug-likeness (QED) is 0.637. The van der Waals surface area contributed by atoms with Crippen molar-refractivity contribution in [2.45, 2.75) is 78.8 Å². The van der Waals surface area contributed by atoms with Crippen LogP contribution in [0, 0.1) is 6.92 Å². The highest BCUT2D eigenvalue weighted by Gasteiger charge is 2.21. The molecule has 1 heterocycles. The van der Waals surface area contributed by atoms with Crippen molar-refractivity contribution in [1.82, 2.24) is 10.2 Å². The number of carbonyl (C=O) groups excluding carboxylic acids is 2. The zero-order valence-corrected chi connectivity index (χ0v) is 21.4. The molecule has 5 heteroatoms. The van der Waals surface area contributed by atoms with E-state index in [1.54, 1.807) is 6.92 Å². The van der Waals surface area contributed by atoms with Gasteiger partial charge in [-0.3, -0.25) is 14.5 Å². The molecule has 0 fully saturated rings. The van der Waals surface area contributed by atoms with E-state index < -0.39 is 0 Å². The van der Waals surface area contributed by atoms with Crippen LogP contribution in [0.4, 0.5) is 5.69 Å². The second kappa shape index (κ2) is 12.7. The summed E-state index contributed by atoms with van der Waals surface area (Å²) >= 11 is 0. The molecule has 0 saturated carbocycles. The van der Waals surface area contributed by atoms with Gasteiger partial charge in [0.2, 0.25) is 5.91 Å². The van der Waals surface area contributed by atoms with E-state index in [1.165, 1.54) is 30.4 Å². The summed E-state index contributed by atoms with van der Waals surface area (Å²) in [6.07, 6.45) is 6.58. The van der Waals surface area contributed by atoms with Crippen molar-refractivity contribution >= 4 is 17.5 Å². The van der Waals surface area contributed by atoms with Crippen LogP contribution in [0.15, 0.2) is 42.5 Å². The maximum atomic E-state index is 13.0. The largest absolute Gasteiger partial charge is 0.352 e. The number of carbonyl (C=O) groups is 2. The third kappa shape index (κ3) is 7.17. The number of amides is 2. The van der Waals surface area contributed by atoms with Gasteiger partial charge in [0.1, 0.15) is 0 Å². The molecule has 0 aliphatic carbocycles. The summed E-state index contributed by atoms with van der Waals surface area (Å²) < 4.78 is 0. The van der Waals surface area contributed by atoms with Crippen LogP contribution >= 0.6 is 0 Å². The predicted molar refractivity (Wildman–Crippen MR) is 140 cm³/mol. The summed E-state index contributed by atoms with van der Waals surface area (Å²) in [4.78, 5) is 29.9. The van der Waals surface area contributed by atoms with Gasteiger partial charge in [-0.15, -0.1) is 0 Å². The smallest absolute Gasteiger partial charge is 0.251 e. The Morgan fingerprint density at radius 2 is 1.68 bits per heavy atom. The predicted octanol–water partition coefficient (Wildman–Crippen LogP) is 5.49. The molecule has 2 aromatic rings. The fraction of sp³-hybridized carbons (Fsp3) is 0.517. The summed E-state index contributed by atoms with van der Waals surface area (Å²) in [5.41, 5.74) is 5.15. The van der Waals surface area contributed by atoms with Gasteiger partial charge in [-0.25, -0.2) is 0 Å². The third-order valence-electron chi connectivity index (χ3n) is 6.88. The number of aryl methyl sites for hydroxylation is 1. The van der Waals surface area contributed by atoms with Crippen LogP contribution in [0.1, 0.15) is 79.9 Å². The fourth-order valence-corrected chi connectivity index (χ4v) is 4.72. The molecule has 2 aromatic carbocycles. The Hall–Kier alpha value is -2.66. The van der Waals surface area contributed by atoms with Crippen LogP contribution in [0.3, 0.4) is 0 Å². The van der Waals surface area contributed by atoms with E-state index >= 15 is 0 Å². The average Bonchev–Trinajstić information content (AvgIpc) is 2.80. The maximum Gasteiger partial charge on any atom is 0.251 e. The number of hydrogen-bond donors (Lipinski definition) is 1. The van der Waals surface area contributed by atoms with Gasteiger partial charge in [0.15, 0.2) is 0 Å². The van der Waals surface area contributed by atoms with Gasteiger partial charge in [0, 0.05) is 43.9 Å². The van der Waals surface area contributed by atoms with Crippen molar-refractivity contribution in [3.8, 4) is 0 Å². The molecule has 0 saturated heterocycles. The highest BCUT2D eigenvalue weighted by molar-refractivity contribution is 5.97. The first-order valence-electron chi connectivity index (χ1n) is 12.8. The molecule has 184 valence electrons. The SMILES string of the molecule is CC(=O)N1CCCCCCCN(C(C)C)Cc2cc(C(=O)NCCc3ccccc3C)ccc21. The van der Waals surface area contributed by atoms with Gasteiger partial charge in [0.25, 0.3) is 5.91 Å². The first kappa shape index (κ1) is 26.0. The molecule has 2 amide bonds.